The van der Waals surface area contributed by atoms with E-state index < -0.39 is 0 Å². The first-order valence-electron chi connectivity index (χ1n) is 4.95. The molecule has 0 radical (unpaired) electrons. The van der Waals surface area contributed by atoms with Crippen molar-refractivity contribution in [3.8, 4) is 0 Å². The quantitative estimate of drug-likeness (QED) is 0.664. The number of hydrogen-bond donors (Lipinski definition) is 1. The molecule has 1 rings (SSSR count). The topological polar surface area (TPSA) is 29.5 Å². The third-order valence-corrected chi connectivity index (χ3v) is 2.89. The van der Waals surface area contributed by atoms with Gasteiger partial charge in [-0.25, -0.2) is 0 Å². The summed E-state index contributed by atoms with van der Waals surface area (Å²) >= 11 is 0. The molecule has 0 saturated heterocycles. The monoisotopic (exact) mass is 184 g/mol. The summed E-state index contributed by atoms with van der Waals surface area (Å²) in [5.41, 5.74) is 1.02. The number of methoxy groups -OCH3 is 1. The summed E-state index contributed by atoms with van der Waals surface area (Å²) in [6.45, 7) is 5.74. The Kier molecular flexibility index (Phi) is 3.51. The van der Waals surface area contributed by atoms with Gasteiger partial charge in [0.05, 0.1) is 11.7 Å². The molecule has 2 heteroatoms. The smallest absolute Gasteiger partial charge is 0.0703 e. The minimum atomic E-state index is -0.280. The van der Waals surface area contributed by atoms with E-state index in [1.165, 1.54) is 6.42 Å². The highest BCUT2D eigenvalue weighted by molar-refractivity contribution is 4.96. The second kappa shape index (κ2) is 4.25. The van der Waals surface area contributed by atoms with Gasteiger partial charge in [0.15, 0.2) is 0 Å². The minimum Gasteiger partial charge on any atom is -0.393 e. The predicted octanol–water partition coefficient (Wildman–Crippen LogP) is 2.27. The summed E-state index contributed by atoms with van der Waals surface area (Å²) in [6, 6.07) is 0. The second-order valence-electron chi connectivity index (χ2n) is 4.26. The van der Waals surface area contributed by atoms with E-state index in [1.54, 1.807) is 7.11 Å². The van der Waals surface area contributed by atoms with Crippen molar-refractivity contribution < 1.29 is 9.84 Å². The molecule has 0 aromatic rings. The fraction of sp³-hybridized carbons (Fsp3) is 0.818. The Bertz CT molecular complexity index is 177. The fourth-order valence-electron chi connectivity index (χ4n) is 1.97. The van der Waals surface area contributed by atoms with Crippen LogP contribution in [0.4, 0.5) is 0 Å². The van der Waals surface area contributed by atoms with Crippen molar-refractivity contribution in [3.63, 3.8) is 0 Å². The van der Waals surface area contributed by atoms with E-state index in [0.29, 0.717) is 6.42 Å². The molecule has 2 nitrogen and oxygen atoms in total. The third-order valence-electron chi connectivity index (χ3n) is 2.89. The molecule has 1 fully saturated rings. The van der Waals surface area contributed by atoms with E-state index in [1.807, 2.05) is 6.92 Å². The molecule has 0 aliphatic heterocycles. The second-order valence-corrected chi connectivity index (χ2v) is 4.26. The van der Waals surface area contributed by atoms with E-state index in [9.17, 15) is 5.11 Å². The molecule has 0 heterocycles. The van der Waals surface area contributed by atoms with Crippen molar-refractivity contribution in [2.75, 3.05) is 7.11 Å². The van der Waals surface area contributed by atoms with Crippen LogP contribution in [0.1, 0.15) is 39.0 Å². The predicted molar refractivity (Wildman–Crippen MR) is 53.6 cm³/mol. The molecular weight excluding hydrogens is 164 g/mol. The van der Waals surface area contributed by atoms with Gasteiger partial charge in [-0.15, -0.1) is 6.58 Å². The molecule has 13 heavy (non-hydrogen) atoms. The highest BCUT2D eigenvalue weighted by Gasteiger charge is 2.38. The zero-order chi connectivity index (χ0) is 9.90. The van der Waals surface area contributed by atoms with Gasteiger partial charge in [0, 0.05) is 13.5 Å². The highest BCUT2D eigenvalue weighted by atomic mass is 16.5. The third kappa shape index (κ3) is 2.82. The van der Waals surface area contributed by atoms with E-state index in [4.69, 9.17) is 4.74 Å². The largest absolute Gasteiger partial charge is 0.393 e. The molecule has 76 valence electrons. The lowest BCUT2D eigenvalue weighted by molar-refractivity contribution is -0.0988. The molecule has 1 unspecified atom stereocenters. The Balaban J connectivity index is 2.33. The van der Waals surface area contributed by atoms with Crippen LogP contribution in [-0.2, 0) is 4.74 Å². The van der Waals surface area contributed by atoms with Gasteiger partial charge in [-0.05, 0) is 32.6 Å². The SMILES string of the molecule is C=C(C)CC(O)CC1(OC)CCC1. The Labute approximate surface area is 80.6 Å². The number of aliphatic hydroxyl groups is 1. The Morgan fingerprint density at radius 1 is 1.62 bits per heavy atom. The summed E-state index contributed by atoms with van der Waals surface area (Å²) in [6.07, 6.45) is 4.60. The van der Waals surface area contributed by atoms with Crippen molar-refractivity contribution in [1.82, 2.24) is 0 Å². The summed E-state index contributed by atoms with van der Waals surface area (Å²) in [4.78, 5) is 0. The van der Waals surface area contributed by atoms with Crippen molar-refractivity contribution in [2.45, 2.75) is 50.7 Å². The fourth-order valence-corrected chi connectivity index (χ4v) is 1.97. The van der Waals surface area contributed by atoms with Crippen LogP contribution in [0.2, 0.25) is 0 Å². The van der Waals surface area contributed by atoms with Gasteiger partial charge in [-0.2, -0.15) is 0 Å². The zero-order valence-electron chi connectivity index (χ0n) is 8.68. The lowest BCUT2D eigenvalue weighted by atomic mass is 9.75. The zero-order valence-corrected chi connectivity index (χ0v) is 8.68. The van der Waals surface area contributed by atoms with Crippen LogP contribution in [-0.4, -0.2) is 23.9 Å². The molecule has 1 N–H and O–H groups in total. The summed E-state index contributed by atoms with van der Waals surface area (Å²) in [5, 5.41) is 9.71. The molecule has 0 aromatic carbocycles. The molecule has 0 aromatic heterocycles. The number of hydrogen-bond acceptors (Lipinski definition) is 2. The molecule has 1 atom stereocenters. The first-order valence-corrected chi connectivity index (χ1v) is 4.95. The van der Waals surface area contributed by atoms with Crippen LogP contribution in [0, 0.1) is 0 Å². The van der Waals surface area contributed by atoms with Gasteiger partial charge in [0.25, 0.3) is 0 Å². The molecule has 0 bridgehead atoms. The van der Waals surface area contributed by atoms with Crippen molar-refractivity contribution in [2.24, 2.45) is 0 Å². The van der Waals surface area contributed by atoms with Gasteiger partial charge >= 0.3 is 0 Å². The van der Waals surface area contributed by atoms with Crippen molar-refractivity contribution in [1.29, 1.82) is 0 Å². The van der Waals surface area contributed by atoms with Crippen LogP contribution < -0.4 is 0 Å². The Hall–Kier alpha value is -0.340. The molecule has 0 amide bonds. The maximum Gasteiger partial charge on any atom is 0.0703 e. The van der Waals surface area contributed by atoms with Gasteiger partial charge in [-0.1, -0.05) is 5.57 Å². The van der Waals surface area contributed by atoms with Crippen LogP contribution >= 0.6 is 0 Å². The Morgan fingerprint density at radius 2 is 2.23 bits per heavy atom. The van der Waals surface area contributed by atoms with Crippen molar-refractivity contribution >= 4 is 0 Å². The Morgan fingerprint density at radius 3 is 2.54 bits per heavy atom. The maximum absolute atomic E-state index is 9.71. The summed E-state index contributed by atoms with van der Waals surface area (Å²) in [5.74, 6) is 0. The molecule has 1 saturated carbocycles. The van der Waals surface area contributed by atoms with Crippen molar-refractivity contribution in [3.05, 3.63) is 12.2 Å². The van der Waals surface area contributed by atoms with E-state index >= 15 is 0 Å². The lowest BCUT2D eigenvalue weighted by Crippen LogP contribution is -2.42. The standard InChI is InChI=1S/C11H20O2/c1-9(2)7-10(12)8-11(13-3)5-4-6-11/h10,12H,1,4-8H2,2-3H3. The van der Waals surface area contributed by atoms with Crippen LogP contribution in [0.3, 0.4) is 0 Å². The van der Waals surface area contributed by atoms with E-state index in [2.05, 4.69) is 6.58 Å². The highest BCUT2D eigenvalue weighted by Crippen LogP contribution is 2.39. The lowest BCUT2D eigenvalue weighted by Gasteiger charge is -2.41. The molecule has 0 spiro atoms. The summed E-state index contributed by atoms with van der Waals surface area (Å²) in [7, 11) is 1.74. The van der Waals surface area contributed by atoms with Gasteiger partial charge in [0.2, 0.25) is 0 Å². The van der Waals surface area contributed by atoms with E-state index in [-0.39, 0.29) is 11.7 Å². The average molecular weight is 184 g/mol. The molecule has 1 aliphatic carbocycles. The summed E-state index contributed by atoms with van der Waals surface area (Å²) < 4.78 is 5.44. The normalized spacial score (nSPS) is 22.1. The average Bonchev–Trinajstić information content (AvgIpc) is 1.95. The van der Waals surface area contributed by atoms with Crippen LogP contribution in [0.5, 0.6) is 0 Å². The number of ether oxygens (including phenoxy) is 1. The van der Waals surface area contributed by atoms with Gasteiger partial charge < -0.3 is 9.84 Å². The first-order chi connectivity index (χ1) is 6.08. The van der Waals surface area contributed by atoms with Gasteiger partial charge in [-0.3, -0.25) is 0 Å². The minimum absolute atomic E-state index is 0.0190. The van der Waals surface area contributed by atoms with Gasteiger partial charge in [0.1, 0.15) is 0 Å². The first kappa shape index (κ1) is 10.7. The molecule has 1 aliphatic rings. The molecular formula is C11H20O2. The van der Waals surface area contributed by atoms with Crippen LogP contribution in [0.15, 0.2) is 12.2 Å². The van der Waals surface area contributed by atoms with E-state index in [0.717, 1.165) is 24.8 Å². The maximum atomic E-state index is 9.71. The van der Waals surface area contributed by atoms with Crippen LogP contribution in [0.25, 0.3) is 0 Å². The number of rotatable bonds is 5. The number of aliphatic hydroxyl groups excluding tert-OH is 1.